The number of carbonyl (C=O) groups is 2. The van der Waals surface area contributed by atoms with Gasteiger partial charge in [0.1, 0.15) is 11.6 Å². The fourth-order valence-corrected chi connectivity index (χ4v) is 3.04. The highest BCUT2D eigenvalue weighted by Crippen LogP contribution is 2.18. The van der Waals surface area contributed by atoms with Crippen LogP contribution in [0.25, 0.3) is 0 Å². The number of ether oxygens (including phenoxy) is 2. The Labute approximate surface area is 169 Å². The number of aromatic nitrogens is 2. The lowest BCUT2D eigenvalue weighted by molar-refractivity contribution is 0.0565. The molecular formula is C20H25N5O4. The highest BCUT2D eigenvalue weighted by molar-refractivity contribution is 5.92. The smallest absolute Gasteiger partial charge is 0.409 e. The van der Waals surface area contributed by atoms with Gasteiger partial charge < -0.3 is 24.6 Å². The number of hydrogen-bond acceptors (Lipinski definition) is 7. The molecule has 1 saturated heterocycles. The second-order valence-corrected chi connectivity index (χ2v) is 6.45. The first kappa shape index (κ1) is 20.4. The number of piperazine rings is 1. The Bertz CT molecular complexity index is 835. The quantitative estimate of drug-likeness (QED) is 0.794. The Morgan fingerprint density at radius 2 is 1.76 bits per heavy atom. The summed E-state index contributed by atoms with van der Waals surface area (Å²) in [5, 5.41) is 11.3. The van der Waals surface area contributed by atoms with Crippen LogP contribution in [0.1, 0.15) is 23.0 Å². The minimum Gasteiger partial charge on any atom is -0.496 e. The van der Waals surface area contributed by atoms with Crippen molar-refractivity contribution in [2.75, 3.05) is 45.2 Å². The standard InChI is InChI=1S/C20H25N5O4/c1-3-29-20(27)25-12-10-24(11-13-25)19(26)16-8-9-18(23-22-16)21-14-15-6-4-5-7-17(15)28-2/h4-9H,3,10-14H2,1-2H3,(H,21,23). The van der Waals surface area contributed by atoms with Gasteiger partial charge in [0.15, 0.2) is 5.69 Å². The highest BCUT2D eigenvalue weighted by atomic mass is 16.6. The van der Waals surface area contributed by atoms with E-state index in [-0.39, 0.29) is 17.7 Å². The number of para-hydroxylation sites is 1. The first-order valence-electron chi connectivity index (χ1n) is 9.53. The molecule has 9 heteroatoms. The Kier molecular flexibility index (Phi) is 6.83. The average molecular weight is 399 g/mol. The molecule has 0 radical (unpaired) electrons. The lowest BCUT2D eigenvalue weighted by atomic mass is 10.2. The first-order valence-corrected chi connectivity index (χ1v) is 9.53. The van der Waals surface area contributed by atoms with Crippen molar-refractivity contribution in [1.82, 2.24) is 20.0 Å². The highest BCUT2D eigenvalue weighted by Gasteiger charge is 2.26. The van der Waals surface area contributed by atoms with Gasteiger partial charge in [-0.05, 0) is 25.1 Å². The van der Waals surface area contributed by atoms with E-state index in [0.717, 1.165) is 11.3 Å². The van der Waals surface area contributed by atoms with Crippen molar-refractivity contribution < 1.29 is 19.1 Å². The number of anilines is 1. The third kappa shape index (κ3) is 5.13. The predicted octanol–water partition coefficient (Wildman–Crippen LogP) is 2.01. The van der Waals surface area contributed by atoms with E-state index in [1.807, 2.05) is 24.3 Å². The van der Waals surface area contributed by atoms with Crippen molar-refractivity contribution >= 4 is 17.8 Å². The van der Waals surface area contributed by atoms with Gasteiger partial charge in [-0.2, -0.15) is 0 Å². The van der Waals surface area contributed by atoms with E-state index >= 15 is 0 Å². The molecule has 1 aliphatic rings. The van der Waals surface area contributed by atoms with Crippen LogP contribution in [0.15, 0.2) is 36.4 Å². The van der Waals surface area contributed by atoms with Gasteiger partial charge in [-0.15, -0.1) is 10.2 Å². The summed E-state index contributed by atoms with van der Waals surface area (Å²) >= 11 is 0. The van der Waals surface area contributed by atoms with Crippen molar-refractivity contribution in [3.63, 3.8) is 0 Å². The molecule has 1 N–H and O–H groups in total. The zero-order valence-electron chi connectivity index (χ0n) is 16.6. The van der Waals surface area contributed by atoms with Crippen LogP contribution in [0.2, 0.25) is 0 Å². The van der Waals surface area contributed by atoms with E-state index in [9.17, 15) is 9.59 Å². The van der Waals surface area contributed by atoms with Crippen molar-refractivity contribution in [2.45, 2.75) is 13.5 Å². The van der Waals surface area contributed by atoms with Gasteiger partial charge in [0.05, 0.1) is 13.7 Å². The lowest BCUT2D eigenvalue weighted by Crippen LogP contribution is -2.50. The van der Waals surface area contributed by atoms with Gasteiger partial charge in [-0.1, -0.05) is 18.2 Å². The summed E-state index contributed by atoms with van der Waals surface area (Å²) < 4.78 is 10.3. The molecule has 0 bridgehead atoms. The number of methoxy groups -OCH3 is 1. The molecule has 9 nitrogen and oxygen atoms in total. The van der Waals surface area contributed by atoms with Crippen molar-refractivity contribution in [1.29, 1.82) is 0 Å². The summed E-state index contributed by atoms with van der Waals surface area (Å²) in [5.41, 5.74) is 1.27. The van der Waals surface area contributed by atoms with Gasteiger partial charge in [-0.3, -0.25) is 4.79 Å². The molecule has 154 valence electrons. The molecule has 3 rings (SSSR count). The van der Waals surface area contributed by atoms with Crippen molar-refractivity contribution in [3.05, 3.63) is 47.7 Å². The number of nitrogens with zero attached hydrogens (tertiary/aromatic N) is 4. The van der Waals surface area contributed by atoms with Crippen LogP contribution in [0, 0.1) is 0 Å². The van der Waals surface area contributed by atoms with Crippen LogP contribution in [-0.4, -0.2) is 71.9 Å². The molecule has 2 aromatic rings. The number of hydrogen-bond donors (Lipinski definition) is 1. The summed E-state index contributed by atoms with van der Waals surface area (Å²) in [5.74, 6) is 1.17. The van der Waals surface area contributed by atoms with Crippen LogP contribution in [0.3, 0.4) is 0 Å². The fourth-order valence-electron chi connectivity index (χ4n) is 3.04. The number of nitrogens with one attached hydrogen (secondary N) is 1. The molecule has 2 amide bonds. The Balaban J connectivity index is 1.53. The zero-order chi connectivity index (χ0) is 20.6. The summed E-state index contributed by atoms with van der Waals surface area (Å²) in [6.45, 7) is 4.39. The molecule has 1 aliphatic heterocycles. The van der Waals surface area contributed by atoms with Gasteiger partial charge in [0.25, 0.3) is 5.91 Å². The maximum Gasteiger partial charge on any atom is 0.409 e. The van der Waals surface area contributed by atoms with Gasteiger partial charge in [-0.25, -0.2) is 4.79 Å². The fraction of sp³-hybridized carbons (Fsp3) is 0.400. The molecule has 0 saturated carbocycles. The molecule has 2 heterocycles. The molecular weight excluding hydrogens is 374 g/mol. The van der Waals surface area contributed by atoms with E-state index < -0.39 is 0 Å². The molecule has 0 atom stereocenters. The summed E-state index contributed by atoms with van der Waals surface area (Å²) in [6, 6.07) is 11.1. The Hall–Kier alpha value is -3.36. The van der Waals surface area contributed by atoms with E-state index in [0.29, 0.717) is 45.1 Å². The van der Waals surface area contributed by atoms with Crippen LogP contribution in [0.5, 0.6) is 5.75 Å². The maximum atomic E-state index is 12.6. The van der Waals surface area contributed by atoms with E-state index in [1.165, 1.54) is 0 Å². The molecule has 0 aliphatic carbocycles. The van der Waals surface area contributed by atoms with Crippen LogP contribution >= 0.6 is 0 Å². The first-order chi connectivity index (χ1) is 14.1. The van der Waals surface area contributed by atoms with E-state index in [4.69, 9.17) is 9.47 Å². The van der Waals surface area contributed by atoms with Gasteiger partial charge in [0, 0.05) is 38.3 Å². The number of benzene rings is 1. The predicted molar refractivity (Wildman–Crippen MR) is 107 cm³/mol. The van der Waals surface area contributed by atoms with Crippen LogP contribution in [-0.2, 0) is 11.3 Å². The molecule has 1 aromatic carbocycles. The largest absolute Gasteiger partial charge is 0.496 e. The SMILES string of the molecule is CCOC(=O)N1CCN(C(=O)c2ccc(NCc3ccccc3OC)nn2)CC1. The number of rotatable bonds is 6. The van der Waals surface area contributed by atoms with Gasteiger partial charge >= 0.3 is 6.09 Å². The summed E-state index contributed by atoms with van der Waals surface area (Å²) in [4.78, 5) is 27.6. The van der Waals surface area contributed by atoms with Crippen LogP contribution < -0.4 is 10.1 Å². The maximum absolute atomic E-state index is 12.6. The van der Waals surface area contributed by atoms with Crippen molar-refractivity contribution in [3.8, 4) is 5.75 Å². The van der Waals surface area contributed by atoms with Crippen molar-refractivity contribution in [2.24, 2.45) is 0 Å². The molecule has 1 fully saturated rings. The minimum atomic E-state index is -0.343. The van der Waals surface area contributed by atoms with Gasteiger partial charge in [0.2, 0.25) is 0 Å². The third-order valence-electron chi connectivity index (χ3n) is 4.63. The topological polar surface area (TPSA) is 96.9 Å². The molecule has 1 aromatic heterocycles. The Morgan fingerprint density at radius 3 is 2.41 bits per heavy atom. The Morgan fingerprint density at radius 1 is 1.03 bits per heavy atom. The molecule has 29 heavy (non-hydrogen) atoms. The molecule has 0 spiro atoms. The zero-order valence-corrected chi connectivity index (χ0v) is 16.6. The minimum absolute atomic E-state index is 0.197. The molecule has 0 unspecified atom stereocenters. The lowest BCUT2D eigenvalue weighted by Gasteiger charge is -2.33. The van der Waals surface area contributed by atoms with E-state index in [2.05, 4.69) is 15.5 Å². The van der Waals surface area contributed by atoms with E-state index in [1.54, 1.807) is 36.0 Å². The normalized spacial score (nSPS) is 13.7. The monoisotopic (exact) mass is 399 g/mol. The third-order valence-corrected chi connectivity index (χ3v) is 4.63. The number of amides is 2. The summed E-state index contributed by atoms with van der Waals surface area (Å²) in [7, 11) is 1.63. The second-order valence-electron chi connectivity index (χ2n) is 6.45. The summed E-state index contributed by atoms with van der Waals surface area (Å²) in [6.07, 6.45) is -0.343. The second kappa shape index (κ2) is 9.72. The average Bonchev–Trinajstić information content (AvgIpc) is 2.78. The number of carbonyl (C=O) groups excluding carboxylic acids is 2. The van der Waals surface area contributed by atoms with Crippen LogP contribution in [0.4, 0.5) is 10.6 Å².